The zero-order valence-electron chi connectivity index (χ0n) is 43.0. The molecule has 310 valence electrons. The van der Waals surface area contributed by atoms with Crippen molar-refractivity contribution in [2.45, 2.75) is 73.2 Å². The number of aromatic nitrogens is 8. The van der Waals surface area contributed by atoms with Crippen molar-refractivity contribution in [1.29, 1.82) is 0 Å². The Bertz CT molecular complexity index is 4060. The van der Waals surface area contributed by atoms with Crippen molar-refractivity contribution in [3.8, 4) is 33.6 Å². The van der Waals surface area contributed by atoms with Crippen LogP contribution in [0, 0.1) is 34.5 Å². The maximum Gasteiger partial charge on any atom is 0.220 e. The number of rotatable bonds is 1. The second-order valence-electron chi connectivity index (χ2n) is 18.6. The van der Waals surface area contributed by atoms with Crippen molar-refractivity contribution in [1.82, 2.24) is 27.9 Å². The predicted octanol–water partition coefficient (Wildman–Crippen LogP) is 11.3. The van der Waals surface area contributed by atoms with Gasteiger partial charge in [-0.1, -0.05) is 54.6 Å². The van der Waals surface area contributed by atoms with Crippen LogP contribution in [0.1, 0.15) is 74.9 Å². The third-order valence-electron chi connectivity index (χ3n) is 14.1. The molecule has 2 aliphatic rings. The molecule has 8 heterocycles. The molecular formula is C55H52N8+2. The summed E-state index contributed by atoms with van der Waals surface area (Å²) in [7, 11) is 4.03. The Hall–Kier alpha value is -7.06. The van der Waals surface area contributed by atoms with Crippen LogP contribution >= 0.6 is 0 Å². The molecule has 63 heavy (non-hydrogen) atoms. The molecule has 0 N–H and O–H groups in total. The van der Waals surface area contributed by atoms with Crippen LogP contribution in [0.4, 0.5) is 0 Å². The standard InChI is InChI=1S/C32H31N4.C23H21N4/c1-18-11-10-12-19(2)25(18)26-21(4)17-34(7)30-27-20(3)15-16-24-29(27)36(32(5,6)28(26)30)31-33-22-13-8-9-14-23(22)35(24)31;1-14-11-12-18-21-19(14)20-15(8-7-13-25(20)4)23(2,3)27(21)22-24-16-9-5-6-10-17(16)26(18)22/h8-17H,1-7H3;5-13H,1-4H3/q2*+1/i1D3,4D3;. The summed E-state index contributed by atoms with van der Waals surface area (Å²) >= 11 is 0. The number of benzene rings is 5. The van der Waals surface area contributed by atoms with Gasteiger partial charge in [0.15, 0.2) is 12.4 Å². The Labute approximate surface area is 375 Å². The van der Waals surface area contributed by atoms with Gasteiger partial charge in [-0.15, -0.1) is 0 Å². The third-order valence-corrected chi connectivity index (χ3v) is 14.1. The average Bonchev–Trinajstić information content (AvgIpc) is 4.02. The lowest BCUT2D eigenvalue weighted by molar-refractivity contribution is -0.661. The van der Waals surface area contributed by atoms with E-state index < -0.39 is 19.2 Å². The molecule has 0 saturated heterocycles. The zero-order chi connectivity index (χ0) is 48.6. The van der Waals surface area contributed by atoms with Crippen molar-refractivity contribution in [2.75, 3.05) is 0 Å². The van der Waals surface area contributed by atoms with Crippen LogP contribution in [0.5, 0.6) is 0 Å². The van der Waals surface area contributed by atoms with Crippen molar-refractivity contribution in [2.24, 2.45) is 14.1 Å². The van der Waals surface area contributed by atoms with Gasteiger partial charge in [0.05, 0.1) is 77.5 Å². The van der Waals surface area contributed by atoms with Crippen LogP contribution in [-0.4, -0.2) is 27.9 Å². The smallest absolute Gasteiger partial charge is 0.220 e. The Morgan fingerprint density at radius 3 is 1.63 bits per heavy atom. The molecule has 0 unspecified atom stereocenters. The number of nitrogens with zero attached hydrogens (tertiary/aromatic N) is 8. The van der Waals surface area contributed by atoms with Gasteiger partial charge in [0, 0.05) is 25.4 Å². The minimum absolute atomic E-state index is 0.126. The molecule has 2 aliphatic heterocycles. The largest absolute Gasteiger partial charge is 0.299 e. The summed E-state index contributed by atoms with van der Waals surface area (Å²) in [6, 6.07) is 34.7. The number of hydrogen-bond acceptors (Lipinski definition) is 2. The van der Waals surface area contributed by atoms with Crippen LogP contribution in [0.15, 0.2) is 116 Å². The number of hydrogen-bond donors (Lipinski definition) is 0. The maximum atomic E-state index is 8.64. The molecule has 6 aromatic heterocycles. The van der Waals surface area contributed by atoms with E-state index in [2.05, 4.69) is 144 Å². The highest BCUT2D eigenvalue weighted by atomic mass is 15.3. The summed E-state index contributed by atoms with van der Waals surface area (Å²) in [5.41, 5.74) is 18.4. The lowest BCUT2D eigenvalue weighted by atomic mass is 9.77. The summed E-state index contributed by atoms with van der Waals surface area (Å²) in [5.74, 6) is 1.77. The molecule has 0 spiro atoms. The van der Waals surface area contributed by atoms with Crippen LogP contribution in [0.3, 0.4) is 0 Å². The molecule has 13 rings (SSSR count). The molecule has 5 aromatic carbocycles. The fourth-order valence-electron chi connectivity index (χ4n) is 11.4. The van der Waals surface area contributed by atoms with Crippen LogP contribution in [-0.2, 0) is 25.2 Å². The maximum absolute atomic E-state index is 8.64. The lowest BCUT2D eigenvalue weighted by Gasteiger charge is -2.36. The SMILES string of the molecule is Cc1ccc2c3c1-c1c(ccc[n+]1C)C(C)(C)n3c1nc3ccccc3n21.[2H]C([2H])([2H])c1cccc(C)c1-c1c(C([2H])([2H])[2H])c[n+](C)c2c1C(C)(C)n1c3c-2c(C)ccc3n2c3ccccc3nc12. The number of imidazole rings is 4. The number of para-hydroxylation sites is 4. The second-order valence-corrected chi connectivity index (χ2v) is 18.6. The van der Waals surface area contributed by atoms with Gasteiger partial charge >= 0.3 is 0 Å². The number of fused-ring (bicyclic) bond motifs is 14. The molecule has 0 fully saturated rings. The quantitative estimate of drug-likeness (QED) is 0.155. The molecule has 0 saturated carbocycles. The van der Waals surface area contributed by atoms with Gasteiger partial charge < -0.3 is 0 Å². The molecule has 8 heteroatoms. The van der Waals surface area contributed by atoms with E-state index in [0.717, 1.165) is 67.0 Å². The van der Waals surface area contributed by atoms with E-state index >= 15 is 0 Å². The Morgan fingerprint density at radius 1 is 0.492 bits per heavy atom. The molecule has 0 amide bonds. The minimum Gasteiger partial charge on any atom is -0.299 e. The van der Waals surface area contributed by atoms with Gasteiger partial charge in [-0.25, -0.2) is 19.1 Å². The van der Waals surface area contributed by atoms with Crippen molar-refractivity contribution in [3.05, 3.63) is 154 Å². The van der Waals surface area contributed by atoms with Crippen LogP contribution in [0.25, 0.3) is 89.3 Å². The molecule has 0 atom stereocenters. The van der Waals surface area contributed by atoms with Gasteiger partial charge in [0.1, 0.15) is 14.1 Å². The monoisotopic (exact) mass is 830 g/mol. The summed E-state index contributed by atoms with van der Waals surface area (Å²) in [4.78, 5) is 10.1. The van der Waals surface area contributed by atoms with E-state index in [1.165, 1.54) is 33.4 Å². The summed E-state index contributed by atoms with van der Waals surface area (Å²) < 4.78 is 64.5. The van der Waals surface area contributed by atoms with Gasteiger partial charge in [0.25, 0.3) is 0 Å². The number of aryl methyl sites for hydroxylation is 7. The fourth-order valence-corrected chi connectivity index (χ4v) is 11.4. The van der Waals surface area contributed by atoms with E-state index in [4.69, 9.17) is 18.2 Å². The topological polar surface area (TPSA) is 52.2 Å². The lowest BCUT2D eigenvalue weighted by Crippen LogP contribution is -2.41. The molecular weight excluding hydrogens is 773 g/mol. The van der Waals surface area contributed by atoms with E-state index in [1.54, 1.807) is 18.3 Å². The van der Waals surface area contributed by atoms with E-state index in [0.29, 0.717) is 16.7 Å². The first-order valence-electron chi connectivity index (χ1n) is 24.6. The van der Waals surface area contributed by atoms with Crippen LogP contribution in [0.2, 0.25) is 0 Å². The molecule has 0 aliphatic carbocycles. The number of pyridine rings is 2. The van der Waals surface area contributed by atoms with Gasteiger partial charge in [0.2, 0.25) is 22.9 Å². The Kier molecular flexibility index (Phi) is 6.31. The molecule has 8 nitrogen and oxygen atoms in total. The zero-order valence-corrected chi connectivity index (χ0v) is 37.0. The average molecular weight is 831 g/mol. The predicted molar refractivity (Wildman–Crippen MR) is 256 cm³/mol. The third kappa shape index (κ3) is 4.70. The van der Waals surface area contributed by atoms with E-state index in [9.17, 15) is 0 Å². The Morgan fingerprint density at radius 2 is 1.03 bits per heavy atom. The van der Waals surface area contributed by atoms with Gasteiger partial charge in [-0.3, -0.25) is 17.9 Å². The van der Waals surface area contributed by atoms with E-state index in [1.807, 2.05) is 42.8 Å². The fraction of sp³-hybridized carbons (Fsp3) is 0.236. The minimum atomic E-state index is -2.50. The highest BCUT2D eigenvalue weighted by molar-refractivity contribution is 6.03. The summed E-state index contributed by atoms with van der Waals surface area (Å²) in [6.07, 6.45) is 3.82. The highest BCUT2D eigenvalue weighted by Crippen LogP contribution is 2.51. The van der Waals surface area contributed by atoms with Gasteiger partial charge in [-0.05, 0) is 132 Å². The van der Waals surface area contributed by atoms with Crippen molar-refractivity contribution < 1.29 is 17.4 Å². The second kappa shape index (κ2) is 12.5. The molecule has 0 bridgehead atoms. The first-order valence-corrected chi connectivity index (χ1v) is 21.6. The highest BCUT2D eigenvalue weighted by Gasteiger charge is 2.45. The van der Waals surface area contributed by atoms with Crippen molar-refractivity contribution in [3.63, 3.8) is 0 Å². The van der Waals surface area contributed by atoms with Gasteiger partial charge in [-0.2, -0.15) is 0 Å². The summed E-state index contributed by atoms with van der Waals surface area (Å²) in [6.45, 7) is 9.95. The normalized spacial score (nSPS) is 16.3. The summed E-state index contributed by atoms with van der Waals surface area (Å²) in [5, 5.41) is 0. The first kappa shape index (κ1) is 31.7. The first-order chi connectivity index (χ1) is 32.6. The Balaban J connectivity index is 0.000000156. The van der Waals surface area contributed by atoms with E-state index in [-0.39, 0.29) is 16.7 Å². The molecule has 0 radical (unpaired) electrons. The molecule has 11 aromatic rings. The van der Waals surface area contributed by atoms with Crippen molar-refractivity contribution >= 4 is 55.7 Å². The van der Waals surface area contributed by atoms with Crippen LogP contribution < -0.4 is 9.13 Å².